The average Bonchev–Trinajstić information content (AvgIpc) is 3.09. The highest BCUT2D eigenvalue weighted by Gasteiger charge is 2.21. The van der Waals surface area contributed by atoms with Crippen molar-refractivity contribution in [1.82, 2.24) is 20.1 Å². The fourth-order valence-corrected chi connectivity index (χ4v) is 3.75. The van der Waals surface area contributed by atoms with Crippen LogP contribution in [0.15, 0.2) is 53.8 Å². The van der Waals surface area contributed by atoms with Crippen LogP contribution in [-0.2, 0) is 10.0 Å². The first-order valence-electron chi connectivity index (χ1n) is 9.31. The van der Waals surface area contributed by atoms with Gasteiger partial charge in [-0.15, -0.1) is 0 Å². The zero-order valence-electron chi connectivity index (χ0n) is 16.5. The predicted octanol–water partition coefficient (Wildman–Crippen LogP) is 3.15. The Morgan fingerprint density at radius 3 is 2.60 bits per heavy atom. The maximum absolute atomic E-state index is 13.0. The number of carbonyl (C=O) groups excluding carboxylic acids is 1. The first-order chi connectivity index (χ1) is 14.2. The molecule has 8 nitrogen and oxygen atoms in total. The third kappa shape index (κ3) is 4.86. The van der Waals surface area contributed by atoms with Crippen LogP contribution in [0.5, 0.6) is 0 Å². The summed E-state index contributed by atoms with van der Waals surface area (Å²) in [5.74, 6) is -0.305. The first-order valence-corrected chi connectivity index (χ1v) is 11.2. The van der Waals surface area contributed by atoms with Crippen molar-refractivity contribution < 1.29 is 13.2 Å². The summed E-state index contributed by atoms with van der Waals surface area (Å²) in [6.45, 7) is 3.78. The van der Waals surface area contributed by atoms with Crippen LogP contribution in [0.4, 0.5) is 0 Å². The molecule has 1 unspecified atom stereocenters. The Labute approximate surface area is 180 Å². The summed E-state index contributed by atoms with van der Waals surface area (Å²) in [6.07, 6.45) is 4.27. The molecule has 1 atom stereocenters. The molecule has 0 aliphatic carbocycles. The lowest BCUT2D eigenvalue weighted by Crippen LogP contribution is -2.29. The Bertz CT molecular complexity index is 1160. The molecule has 3 aromatic rings. The van der Waals surface area contributed by atoms with Gasteiger partial charge in [-0.25, -0.2) is 23.2 Å². The van der Waals surface area contributed by atoms with Crippen molar-refractivity contribution in [1.29, 1.82) is 0 Å². The van der Waals surface area contributed by atoms with Gasteiger partial charge in [0.15, 0.2) is 5.03 Å². The van der Waals surface area contributed by atoms with E-state index in [0.717, 1.165) is 12.1 Å². The summed E-state index contributed by atoms with van der Waals surface area (Å²) in [5.41, 5.74) is 2.50. The van der Waals surface area contributed by atoms with Crippen LogP contribution in [0, 0.1) is 6.92 Å². The van der Waals surface area contributed by atoms with Gasteiger partial charge in [-0.2, -0.15) is 5.10 Å². The van der Waals surface area contributed by atoms with Gasteiger partial charge in [-0.05, 0) is 55.3 Å². The number of carbonyl (C=O) groups is 1. The summed E-state index contributed by atoms with van der Waals surface area (Å²) in [5, 5.41) is 12.8. The number of sulfonamides is 1. The van der Waals surface area contributed by atoms with Crippen LogP contribution in [0.2, 0.25) is 5.02 Å². The fourth-order valence-electron chi connectivity index (χ4n) is 3.12. The second-order valence-corrected chi connectivity index (χ2v) is 8.76. The molecule has 2 heterocycles. The van der Waals surface area contributed by atoms with Crippen molar-refractivity contribution in [2.75, 3.05) is 0 Å². The largest absolute Gasteiger partial charge is 0.345 e. The summed E-state index contributed by atoms with van der Waals surface area (Å²) in [7, 11) is -3.94. The van der Waals surface area contributed by atoms with Gasteiger partial charge in [0.25, 0.3) is 15.9 Å². The van der Waals surface area contributed by atoms with Crippen LogP contribution in [0.3, 0.4) is 0 Å². The Kier molecular flexibility index (Phi) is 6.55. The number of primary sulfonamides is 1. The smallest absolute Gasteiger partial charge is 0.255 e. The summed E-state index contributed by atoms with van der Waals surface area (Å²) in [6, 6.07) is 9.79. The van der Waals surface area contributed by atoms with Crippen LogP contribution >= 0.6 is 11.6 Å². The van der Waals surface area contributed by atoms with Crippen molar-refractivity contribution in [3.8, 4) is 5.69 Å². The molecule has 0 saturated carbocycles. The van der Waals surface area contributed by atoms with Gasteiger partial charge in [-0.1, -0.05) is 24.9 Å². The van der Waals surface area contributed by atoms with Crippen molar-refractivity contribution in [3.63, 3.8) is 0 Å². The number of amides is 1. The number of nitrogens with one attached hydrogen (secondary N) is 1. The Hall–Kier alpha value is -2.75. The van der Waals surface area contributed by atoms with E-state index in [1.54, 1.807) is 29.8 Å². The Morgan fingerprint density at radius 1 is 1.27 bits per heavy atom. The van der Waals surface area contributed by atoms with E-state index >= 15 is 0 Å². The van der Waals surface area contributed by atoms with E-state index in [1.807, 2.05) is 19.1 Å². The van der Waals surface area contributed by atoms with Gasteiger partial charge in [0.2, 0.25) is 0 Å². The molecule has 0 spiro atoms. The van der Waals surface area contributed by atoms with Gasteiger partial charge >= 0.3 is 0 Å². The van der Waals surface area contributed by atoms with Crippen LogP contribution in [0.1, 0.15) is 47.4 Å². The molecule has 0 fully saturated rings. The topological polar surface area (TPSA) is 120 Å². The molecule has 1 aromatic carbocycles. The normalized spacial score (nSPS) is 12.5. The van der Waals surface area contributed by atoms with Crippen molar-refractivity contribution in [2.45, 2.75) is 37.8 Å². The van der Waals surface area contributed by atoms with Gasteiger partial charge in [0, 0.05) is 11.2 Å². The van der Waals surface area contributed by atoms with Crippen LogP contribution in [0.25, 0.3) is 5.69 Å². The summed E-state index contributed by atoms with van der Waals surface area (Å²) >= 11 is 5.94. The number of nitrogens with zero attached hydrogens (tertiary/aromatic N) is 3. The van der Waals surface area contributed by atoms with Crippen LogP contribution in [-0.4, -0.2) is 29.1 Å². The van der Waals surface area contributed by atoms with E-state index in [4.69, 9.17) is 16.7 Å². The summed E-state index contributed by atoms with van der Waals surface area (Å²) < 4.78 is 24.9. The monoisotopic (exact) mass is 447 g/mol. The highest BCUT2D eigenvalue weighted by molar-refractivity contribution is 7.89. The van der Waals surface area contributed by atoms with Gasteiger partial charge in [0.1, 0.15) is 0 Å². The maximum Gasteiger partial charge on any atom is 0.255 e. The highest BCUT2D eigenvalue weighted by Crippen LogP contribution is 2.22. The van der Waals surface area contributed by atoms with E-state index in [-0.39, 0.29) is 10.9 Å². The zero-order valence-corrected chi connectivity index (χ0v) is 18.1. The van der Waals surface area contributed by atoms with Gasteiger partial charge in [-0.3, -0.25) is 4.79 Å². The molecule has 158 valence electrons. The predicted molar refractivity (Wildman–Crippen MR) is 114 cm³/mol. The van der Waals surface area contributed by atoms with Gasteiger partial charge < -0.3 is 5.32 Å². The Balaban J connectivity index is 1.87. The van der Waals surface area contributed by atoms with Crippen molar-refractivity contribution >= 4 is 27.5 Å². The van der Waals surface area contributed by atoms with E-state index in [0.29, 0.717) is 28.3 Å². The Morgan fingerprint density at radius 2 is 1.97 bits per heavy atom. The van der Waals surface area contributed by atoms with E-state index < -0.39 is 16.1 Å². The molecular weight excluding hydrogens is 426 g/mol. The van der Waals surface area contributed by atoms with Crippen molar-refractivity contribution in [3.05, 3.63) is 70.6 Å². The number of nitrogens with two attached hydrogens (primary N) is 1. The van der Waals surface area contributed by atoms with Gasteiger partial charge in [0.05, 0.1) is 29.2 Å². The first kappa shape index (κ1) is 21.9. The number of rotatable bonds is 7. The number of halogens is 1. The second-order valence-electron chi connectivity index (χ2n) is 6.82. The quantitative estimate of drug-likeness (QED) is 0.576. The molecule has 3 rings (SSSR count). The summed E-state index contributed by atoms with van der Waals surface area (Å²) in [4.78, 5) is 16.8. The highest BCUT2D eigenvalue weighted by atomic mass is 35.5. The standard InChI is InChI=1S/C20H22ClN5O3S/c1-3-4-18(14-9-10-23-19(11-14)30(22,28)29)25-20(27)17-12-24-26(13(17)2)16-7-5-15(21)6-8-16/h5-12,18H,3-4H2,1-2H3,(H,25,27)(H2,22,28,29). The number of hydrogen-bond acceptors (Lipinski definition) is 5. The third-order valence-electron chi connectivity index (χ3n) is 4.66. The number of aromatic nitrogens is 3. The zero-order chi connectivity index (χ0) is 21.9. The van der Waals surface area contributed by atoms with E-state index in [9.17, 15) is 13.2 Å². The lowest BCUT2D eigenvalue weighted by Gasteiger charge is -2.19. The molecule has 10 heteroatoms. The van der Waals surface area contributed by atoms with Crippen molar-refractivity contribution in [2.24, 2.45) is 5.14 Å². The molecule has 2 aromatic heterocycles. The lowest BCUT2D eigenvalue weighted by atomic mass is 10.0. The molecule has 0 aliphatic rings. The molecule has 0 aliphatic heterocycles. The average molecular weight is 448 g/mol. The third-order valence-corrected chi connectivity index (χ3v) is 5.72. The molecule has 0 bridgehead atoms. The SMILES string of the molecule is CCCC(NC(=O)c1cnn(-c2ccc(Cl)cc2)c1C)c1ccnc(S(N)(=O)=O)c1. The second kappa shape index (κ2) is 8.95. The number of benzene rings is 1. The molecule has 30 heavy (non-hydrogen) atoms. The molecule has 0 saturated heterocycles. The fraction of sp³-hybridized carbons (Fsp3) is 0.250. The minimum absolute atomic E-state index is 0.234. The minimum atomic E-state index is -3.94. The molecular formula is C20H22ClN5O3S. The number of pyridine rings is 1. The molecule has 3 N–H and O–H groups in total. The maximum atomic E-state index is 13.0. The minimum Gasteiger partial charge on any atom is -0.345 e. The number of hydrogen-bond donors (Lipinski definition) is 2. The van der Waals surface area contributed by atoms with E-state index in [1.165, 1.54) is 18.5 Å². The molecule has 1 amide bonds. The molecule has 0 radical (unpaired) electrons. The van der Waals surface area contributed by atoms with E-state index in [2.05, 4.69) is 15.4 Å². The lowest BCUT2D eigenvalue weighted by molar-refractivity contribution is 0.0933. The van der Waals surface area contributed by atoms with Crippen LogP contribution < -0.4 is 10.5 Å².